The molecule has 1 heterocycles. The van der Waals surface area contributed by atoms with Crippen molar-refractivity contribution in [1.82, 2.24) is 9.97 Å². The van der Waals surface area contributed by atoms with E-state index in [1.54, 1.807) is 0 Å². The third-order valence-corrected chi connectivity index (χ3v) is 3.72. The Morgan fingerprint density at radius 1 is 1.50 bits per heavy atom. The first-order valence-electron chi connectivity index (χ1n) is 6.19. The minimum Gasteiger partial charge on any atom is -0.391 e. The van der Waals surface area contributed by atoms with E-state index >= 15 is 0 Å². The topological polar surface area (TPSA) is 135 Å². The number of nitrogens with two attached hydrogens (primary N) is 1. The number of nitrogens with one attached hydrogen (secondary N) is 1. The number of aliphatic hydroxyl groups is 1. The number of anilines is 1. The third kappa shape index (κ3) is 3.42. The Labute approximate surface area is 117 Å². The number of nitrogens with zero attached hydrogens (tertiary/aromatic N) is 2. The Kier molecular flexibility index (Phi) is 4.50. The average Bonchev–Trinajstić information content (AvgIpc) is 2.74. The van der Waals surface area contributed by atoms with E-state index in [2.05, 4.69) is 15.3 Å². The van der Waals surface area contributed by atoms with Gasteiger partial charge >= 0.3 is 0 Å². The van der Waals surface area contributed by atoms with Crippen LogP contribution >= 0.6 is 0 Å². The van der Waals surface area contributed by atoms with Gasteiger partial charge in [0.1, 0.15) is 28.1 Å². The molecule has 0 saturated heterocycles. The number of hydrogen-bond acceptors (Lipinski definition) is 7. The number of hydrogen-bond donors (Lipinski definition) is 4. The van der Waals surface area contributed by atoms with E-state index in [-0.39, 0.29) is 29.0 Å². The van der Waals surface area contributed by atoms with Crippen LogP contribution in [0.15, 0.2) is 6.20 Å². The molecule has 1 saturated carbocycles. The summed E-state index contributed by atoms with van der Waals surface area (Å²) < 4.78 is 21.4. The first kappa shape index (κ1) is 14.7. The predicted octanol–water partition coefficient (Wildman–Crippen LogP) is -0.988. The Balaban J connectivity index is 2.28. The molecule has 2 atom stereocenters. The zero-order chi connectivity index (χ0) is 14.7. The van der Waals surface area contributed by atoms with E-state index in [0.717, 1.165) is 12.8 Å². The molecule has 1 aromatic heterocycles. The van der Waals surface area contributed by atoms with Crippen LogP contribution in [0.4, 0.5) is 5.82 Å². The second kappa shape index (κ2) is 6.14. The summed E-state index contributed by atoms with van der Waals surface area (Å²) in [7, 11) is -2.66. The molecule has 110 valence electrons. The number of carbonyl (C=O) groups is 1. The van der Waals surface area contributed by atoms with Gasteiger partial charge in [0.25, 0.3) is 5.91 Å². The van der Waals surface area contributed by atoms with E-state index in [0.29, 0.717) is 6.42 Å². The van der Waals surface area contributed by atoms with Crippen molar-refractivity contribution in [2.24, 2.45) is 5.73 Å². The van der Waals surface area contributed by atoms with Crippen molar-refractivity contribution in [2.75, 3.05) is 5.32 Å². The summed E-state index contributed by atoms with van der Waals surface area (Å²) in [5.41, 5.74) is 5.31. The summed E-state index contributed by atoms with van der Waals surface area (Å²) in [6.07, 6.45) is 2.97. The van der Waals surface area contributed by atoms with Crippen molar-refractivity contribution < 1.29 is 18.3 Å². The van der Waals surface area contributed by atoms with Crippen LogP contribution in [-0.2, 0) is 16.5 Å². The standard InChI is InChI=1S/C11H16N4O4S/c12-10(17)6-4-13-9(5-20(18)19)15-11(6)14-7-2-1-3-8(7)16/h4,7-8,16,20H,1-3,5H2,(H2,12,17)(H,13,14,15)/t7-,8-/m0/s1. The maximum absolute atomic E-state index is 11.3. The first-order chi connectivity index (χ1) is 9.47. The summed E-state index contributed by atoms with van der Waals surface area (Å²) >= 11 is 0. The molecule has 1 fully saturated rings. The van der Waals surface area contributed by atoms with Crippen molar-refractivity contribution in [3.63, 3.8) is 0 Å². The van der Waals surface area contributed by atoms with Gasteiger partial charge in [-0.3, -0.25) is 4.79 Å². The minimum atomic E-state index is -2.66. The van der Waals surface area contributed by atoms with Crippen LogP contribution in [0.2, 0.25) is 0 Å². The van der Waals surface area contributed by atoms with Crippen molar-refractivity contribution in [2.45, 2.75) is 37.2 Å². The van der Waals surface area contributed by atoms with Crippen molar-refractivity contribution in [3.05, 3.63) is 17.6 Å². The van der Waals surface area contributed by atoms with Gasteiger partial charge in [-0.05, 0) is 19.3 Å². The Morgan fingerprint density at radius 2 is 2.25 bits per heavy atom. The van der Waals surface area contributed by atoms with E-state index in [1.807, 2.05) is 0 Å². The lowest BCUT2D eigenvalue weighted by Crippen LogP contribution is -2.30. The summed E-state index contributed by atoms with van der Waals surface area (Å²) in [4.78, 5) is 19.1. The van der Waals surface area contributed by atoms with E-state index in [4.69, 9.17) is 5.73 Å². The number of amides is 1. The van der Waals surface area contributed by atoms with Crippen LogP contribution in [0, 0.1) is 0 Å². The fourth-order valence-electron chi connectivity index (χ4n) is 2.18. The van der Waals surface area contributed by atoms with Gasteiger partial charge in [-0.25, -0.2) is 18.4 Å². The van der Waals surface area contributed by atoms with Crippen LogP contribution in [0.1, 0.15) is 35.4 Å². The molecule has 0 radical (unpaired) electrons. The highest BCUT2D eigenvalue weighted by molar-refractivity contribution is 7.71. The highest BCUT2D eigenvalue weighted by Gasteiger charge is 2.26. The van der Waals surface area contributed by atoms with Gasteiger partial charge in [0.05, 0.1) is 17.7 Å². The lowest BCUT2D eigenvalue weighted by Gasteiger charge is -2.18. The van der Waals surface area contributed by atoms with Crippen LogP contribution in [0.25, 0.3) is 0 Å². The van der Waals surface area contributed by atoms with Crippen LogP contribution < -0.4 is 11.1 Å². The van der Waals surface area contributed by atoms with Gasteiger partial charge in [-0.1, -0.05) is 0 Å². The summed E-state index contributed by atoms with van der Waals surface area (Å²) in [6, 6.07) is -0.225. The largest absolute Gasteiger partial charge is 0.391 e. The number of primary amides is 1. The smallest absolute Gasteiger partial charge is 0.254 e. The zero-order valence-corrected chi connectivity index (χ0v) is 11.5. The molecule has 0 aromatic carbocycles. The average molecular weight is 300 g/mol. The molecule has 0 unspecified atom stereocenters. The van der Waals surface area contributed by atoms with Crippen molar-refractivity contribution >= 4 is 22.4 Å². The van der Waals surface area contributed by atoms with Crippen LogP contribution in [-0.4, -0.2) is 41.5 Å². The summed E-state index contributed by atoms with van der Waals surface area (Å²) in [5.74, 6) is -0.763. The van der Waals surface area contributed by atoms with Crippen molar-refractivity contribution in [3.8, 4) is 0 Å². The van der Waals surface area contributed by atoms with E-state index in [1.165, 1.54) is 6.20 Å². The normalized spacial score (nSPS) is 22.1. The van der Waals surface area contributed by atoms with Gasteiger partial charge in [0.15, 0.2) is 0 Å². The lowest BCUT2D eigenvalue weighted by atomic mass is 10.2. The molecule has 1 amide bonds. The number of aromatic nitrogens is 2. The van der Waals surface area contributed by atoms with Crippen LogP contribution in [0.3, 0.4) is 0 Å². The minimum absolute atomic E-state index is 0.0778. The molecule has 8 nitrogen and oxygen atoms in total. The molecular weight excluding hydrogens is 284 g/mol. The lowest BCUT2D eigenvalue weighted by molar-refractivity contribution is 0.1000. The Bertz CT molecular complexity index is 582. The SMILES string of the molecule is NC(=O)c1cnc(C[SH](=O)=O)nc1N[C@H]1CCC[C@@H]1O. The first-order valence-corrected chi connectivity index (χ1v) is 7.55. The molecule has 0 bridgehead atoms. The maximum atomic E-state index is 11.3. The zero-order valence-electron chi connectivity index (χ0n) is 10.7. The predicted molar refractivity (Wildman–Crippen MR) is 71.8 cm³/mol. The second-order valence-electron chi connectivity index (χ2n) is 4.65. The van der Waals surface area contributed by atoms with Gasteiger partial charge in [0, 0.05) is 6.20 Å². The molecule has 9 heteroatoms. The monoisotopic (exact) mass is 300 g/mol. The molecule has 4 N–H and O–H groups in total. The molecule has 2 rings (SSSR count). The Hall–Kier alpha value is -1.74. The summed E-state index contributed by atoms with van der Waals surface area (Å²) in [5, 5.41) is 12.7. The number of aliphatic hydroxyl groups excluding tert-OH is 1. The molecule has 20 heavy (non-hydrogen) atoms. The molecular formula is C11H16N4O4S. The van der Waals surface area contributed by atoms with Gasteiger partial charge < -0.3 is 16.2 Å². The number of carbonyl (C=O) groups excluding carboxylic acids is 1. The third-order valence-electron chi connectivity index (χ3n) is 3.18. The van der Waals surface area contributed by atoms with Gasteiger partial charge in [0.2, 0.25) is 0 Å². The number of thiol groups is 1. The highest BCUT2D eigenvalue weighted by atomic mass is 32.2. The van der Waals surface area contributed by atoms with Gasteiger partial charge in [-0.2, -0.15) is 0 Å². The maximum Gasteiger partial charge on any atom is 0.254 e. The molecule has 0 aliphatic heterocycles. The van der Waals surface area contributed by atoms with Crippen molar-refractivity contribution in [1.29, 1.82) is 0 Å². The second-order valence-corrected chi connectivity index (χ2v) is 5.63. The van der Waals surface area contributed by atoms with E-state index in [9.17, 15) is 18.3 Å². The fourth-order valence-corrected chi connectivity index (χ4v) is 2.57. The quantitative estimate of drug-likeness (QED) is 0.513. The van der Waals surface area contributed by atoms with E-state index < -0.39 is 22.7 Å². The van der Waals surface area contributed by atoms with Crippen LogP contribution in [0.5, 0.6) is 0 Å². The molecule has 1 aromatic rings. The molecule has 1 aliphatic rings. The highest BCUT2D eigenvalue weighted by Crippen LogP contribution is 2.23. The number of rotatable bonds is 5. The molecule has 0 spiro atoms. The summed E-state index contributed by atoms with van der Waals surface area (Å²) in [6.45, 7) is 0. The molecule has 1 aliphatic carbocycles. The fraction of sp³-hybridized carbons (Fsp3) is 0.545. The van der Waals surface area contributed by atoms with Gasteiger partial charge in [-0.15, -0.1) is 0 Å². The Morgan fingerprint density at radius 3 is 2.80 bits per heavy atom.